The van der Waals surface area contributed by atoms with Gasteiger partial charge in [-0.25, -0.2) is 0 Å². The zero-order chi connectivity index (χ0) is 12.0. The van der Waals surface area contributed by atoms with Crippen LogP contribution in [-0.4, -0.2) is 29.8 Å². The third kappa shape index (κ3) is 5.53. The lowest BCUT2D eigenvalue weighted by Crippen LogP contribution is -2.36. The zero-order valence-corrected chi connectivity index (χ0v) is 14.4. The first-order valence-corrected chi connectivity index (χ1v) is 10.2. The minimum Gasteiger partial charge on any atom is -0.124 e. The van der Waals surface area contributed by atoms with Gasteiger partial charge in [-0.15, -0.1) is 23.2 Å². The van der Waals surface area contributed by atoms with Gasteiger partial charge in [0.2, 0.25) is 0 Å². The summed E-state index contributed by atoms with van der Waals surface area (Å²) in [5.74, 6) is 0. The maximum Gasteiger partial charge on any atom is 0.0560 e. The average Bonchev–Trinajstić information content (AvgIpc) is 2.24. The lowest BCUT2D eigenvalue weighted by Gasteiger charge is -2.10. The highest BCUT2D eigenvalue weighted by Crippen LogP contribution is 2.01. The Morgan fingerprint density at radius 1 is 0.938 bits per heavy atom. The van der Waals surface area contributed by atoms with Crippen molar-refractivity contribution >= 4 is 52.6 Å². The molecule has 0 bridgehead atoms. The van der Waals surface area contributed by atoms with Crippen LogP contribution < -0.4 is 10.4 Å². The van der Waals surface area contributed by atoms with E-state index in [1.807, 2.05) is 0 Å². The molecule has 0 N–H and O–H groups in total. The second-order valence-electron chi connectivity index (χ2n) is 4.41. The van der Waals surface area contributed by atoms with Gasteiger partial charge in [-0.3, -0.25) is 0 Å². The van der Waals surface area contributed by atoms with Crippen LogP contribution in [0, 0.1) is 0 Å². The van der Waals surface area contributed by atoms with Crippen molar-refractivity contribution in [1.29, 1.82) is 0 Å². The molecule has 0 aromatic heterocycles. The summed E-state index contributed by atoms with van der Waals surface area (Å²) in [7, 11) is -0.346. The highest BCUT2D eigenvalue weighted by Gasteiger charge is 2.06. The first-order valence-electron chi connectivity index (χ1n) is 5.94. The largest absolute Gasteiger partial charge is 0.124 e. The van der Waals surface area contributed by atoms with Crippen molar-refractivity contribution in [3.63, 3.8) is 0 Å². The van der Waals surface area contributed by atoms with Crippen molar-refractivity contribution in [3.8, 4) is 0 Å². The Morgan fingerprint density at radius 3 is 1.62 bits per heavy atom. The van der Waals surface area contributed by atoms with Gasteiger partial charge < -0.3 is 0 Å². The number of rotatable bonds is 6. The fourth-order valence-electron chi connectivity index (χ4n) is 1.75. The molecule has 0 nitrogen and oxygen atoms in total. The quantitative estimate of drug-likeness (QED) is 0.548. The molecule has 1 rings (SSSR count). The highest BCUT2D eigenvalue weighted by atomic mass is 35.5. The van der Waals surface area contributed by atoms with Crippen LogP contribution in [-0.2, 0) is 0 Å². The molecule has 1 aromatic carbocycles. The Morgan fingerprint density at radius 2 is 1.31 bits per heavy atom. The summed E-state index contributed by atoms with van der Waals surface area (Å²) in [5.41, 5.74) is 0. The van der Waals surface area contributed by atoms with Crippen LogP contribution in [0.5, 0.6) is 0 Å². The van der Waals surface area contributed by atoms with Crippen molar-refractivity contribution in [1.82, 2.24) is 0 Å². The van der Waals surface area contributed by atoms with E-state index in [0.29, 0.717) is 10.8 Å². The minimum absolute atomic E-state index is 0.173. The molecule has 2 atom stereocenters. The Kier molecular flexibility index (Phi) is 6.74. The maximum atomic E-state index is 6.03. The van der Waals surface area contributed by atoms with Gasteiger partial charge in [0.1, 0.15) is 0 Å². The van der Waals surface area contributed by atoms with Crippen LogP contribution in [0.3, 0.4) is 0 Å². The van der Waals surface area contributed by atoms with Gasteiger partial charge >= 0.3 is 0 Å². The van der Waals surface area contributed by atoms with E-state index in [1.54, 1.807) is 10.4 Å². The maximum absolute atomic E-state index is 6.03. The van der Waals surface area contributed by atoms with Crippen LogP contribution in [0.25, 0.3) is 0 Å². The van der Waals surface area contributed by atoms with E-state index in [9.17, 15) is 0 Å². The summed E-state index contributed by atoms with van der Waals surface area (Å²) < 4.78 is 0. The fourth-order valence-corrected chi connectivity index (χ4v) is 6.37. The molecule has 1 aromatic rings. The molecule has 0 aliphatic carbocycles. The average molecular weight is 291 g/mol. The van der Waals surface area contributed by atoms with E-state index in [4.69, 9.17) is 23.2 Å². The van der Waals surface area contributed by atoms with E-state index in [1.165, 1.54) is 12.1 Å². The summed E-state index contributed by atoms with van der Waals surface area (Å²) in [6, 6.07) is 11.3. The standard InChI is InChI=1S/C12H20Cl2Si2/c1-9(13)7-15-11-5-3-4-6-12(11)16-8-10(2)14/h3-6,9-10H,7-8,15-16H2,1-2H3. The first-order chi connectivity index (χ1) is 7.59. The van der Waals surface area contributed by atoms with Gasteiger partial charge in [-0.1, -0.05) is 34.6 Å². The SMILES string of the molecule is CC(Cl)C[SiH2]c1ccccc1[SiH2]CC(C)Cl. The number of halogens is 2. The Labute approximate surface area is 113 Å². The summed E-state index contributed by atoms with van der Waals surface area (Å²) >= 11 is 12.1. The smallest absolute Gasteiger partial charge is 0.0560 e. The second kappa shape index (κ2) is 7.54. The fraction of sp³-hybridized carbons (Fsp3) is 0.500. The summed E-state index contributed by atoms with van der Waals surface area (Å²) in [6.07, 6.45) is 0. The van der Waals surface area contributed by atoms with Gasteiger partial charge in [0, 0.05) is 10.8 Å². The molecule has 0 aliphatic heterocycles. The number of benzene rings is 1. The lowest BCUT2D eigenvalue weighted by atomic mass is 10.4. The van der Waals surface area contributed by atoms with Crippen LogP contribution in [0.4, 0.5) is 0 Å². The predicted octanol–water partition coefficient (Wildman–Crippen LogP) is 1.37. The predicted molar refractivity (Wildman–Crippen MR) is 83.0 cm³/mol. The summed E-state index contributed by atoms with van der Waals surface area (Å²) in [5, 5.41) is 3.90. The van der Waals surface area contributed by atoms with Crippen LogP contribution >= 0.6 is 23.2 Å². The molecule has 0 amide bonds. The molecule has 0 heterocycles. The van der Waals surface area contributed by atoms with Gasteiger partial charge in [0.25, 0.3) is 0 Å². The van der Waals surface area contributed by atoms with Crippen molar-refractivity contribution < 1.29 is 0 Å². The van der Waals surface area contributed by atoms with E-state index < -0.39 is 0 Å². The van der Waals surface area contributed by atoms with E-state index >= 15 is 0 Å². The minimum atomic E-state index is -0.173. The Balaban J connectivity index is 2.60. The van der Waals surface area contributed by atoms with Crippen LogP contribution in [0.2, 0.25) is 12.1 Å². The van der Waals surface area contributed by atoms with Crippen molar-refractivity contribution in [3.05, 3.63) is 24.3 Å². The number of hydrogen-bond acceptors (Lipinski definition) is 0. The molecule has 0 radical (unpaired) electrons. The third-order valence-corrected chi connectivity index (χ3v) is 9.18. The van der Waals surface area contributed by atoms with Gasteiger partial charge in [0.15, 0.2) is 0 Å². The molecule has 0 saturated heterocycles. The summed E-state index contributed by atoms with van der Waals surface area (Å²) in [4.78, 5) is 0. The van der Waals surface area contributed by atoms with Crippen LogP contribution in [0.1, 0.15) is 13.8 Å². The summed E-state index contributed by atoms with van der Waals surface area (Å²) in [6.45, 7) is 4.19. The van der Waals surface area contributed by atoms with E-state index in [2.05, 4.69) is 38.1 Å². The highest BCUT2D eigenvalue weighted by molar-refractivity contribution is 6.67. The number of alkyl halides is 2. The topological polar surface area (TPSA) is 0 Å². The molecular weight excluding hydrogens is 271 g/mol. The molecule has 0 spiro atoms. The van der Waals surface area contributed by atoms with Gasteiger partial charge in [-0.05, 0) is 25.9 Å². The zero-order valence-electron chi connectivity index (χ0n) is 10.0. The van der Waals surface area contributed by atoms with Gasteiger partial charge in [0.05, 0.1) is 19.0 Å². The molecule has 0 fully saturated rings. The van der Waals surface area contributed by atoms with Crippen molar-refractivity contribution in [2.24, 2.45) is 0 Å². The normalized spacial score (nSPS) is 16.2. The molecule has 90 valence electrons. The molecule has 2 unspecified atom stereocenters. The Bertz CT molecular complexity index is 283. The second-order valence-corrected chi connectivity index (χ2v) is 9.58. The Hall–Kier alpha value is 0.234. The molecular formula is C12H20Cl2Si2. The lowest BCUT2D eigenvalue weighted by molar-refractivity contribution is 1.08. The molecule has 16 heavy (non-hydrogen) atoms. The first kappa shape index (κ1) is 14.3. The monoisotopic (exact) mass is 290 g/mol. The van der Waals surface area contributed by atoms with Crippen LogP contribution in [0.15, 0.2) is 24.3 Å². The van der Waals surface area contributed by atoms with Crippen molar-refractivity contribution in [2.75, 3.05) is 0 Å². The van der Waals surface area contributed by atoms with Gasteiger partial charge in [-0.2, -0.15) is 0 Å². The molecule has 0 saturated carbocycles. The third-order valence-electron chi connectivity index (χ3n) is 2.74. The van der Waals surface area contributed by atoms with E-state index in [0.717, 1.165) is 0 Å². The molecule has 0 aliphatic rings. The number of hydrogen-bond donors (Lipinski definition) is 0. The van der Waals surface area contributed by atoms with E-state index in [-0.39, 0.29) is 19.0 Å². The van der Waals surface area contributed by atoms with Crippen molar-refractivity contribution in [2.45, 2.75) is 36.7 Å². The molecule has 4 heteroatoms.